The molecule has 6 nitrogen and oxygen atoms in total. The van der Waals surface area contributed by atoms with Gasteiger partial charge in [0, 0.05) is 37.0 Å². The first kappa shape index (κ1) is 15.1. The van der Waals surface area contributed by atoms with E-state index in [-0.39, 0.29) is 17.2 Å². The molecule has 0 aliphatic carbocycles. The van der Waals surface area contributed by atoms with Crippen LogP contribution < -0.4 is 5.32 Å². The molecule has 124 valence electrons. The maximum Gasteiger partial charge on any atom is 0.253 e. The number of rotatable bonds is 1. The van der Waals surface area contributed by atoms with Crippen molar-refractivity contribution >= 4 is 22.8 Å². The second kappa shape index (κ2) is 5.26. The zero-order valence-electron chi connectivity index (χ0n) is 13.9. The molecule has 1 aromatic carbocycles. The molecule has 2 amide bonds. The highest BCUT2D eigenvalue weighted by molar-refractivity contribution is 5.97. The number of fused-ring (bicyclic) bond motifs is 1. The number of carbonyl (C=O) groups excluding carboxylic acids is 2. The molecule has 6 heteroatoms. The van der Waals surface area contributed by atoms with Gasteiger partial charge in [-0.05, 0) is 38.5 Å². The smallest absolute Gasteiger partial charge is 0.253 e. The van der Waals surface area contributed by atoms with Crippen LogP contribution in [-0.4, -0.2) is 46.3 Å². The van der Waals surface area contributed by atoms with Crippen molar-refractivity contribution in [1.29, 1.82) is 0 Å². The molecular weight excluding hydrogens is 304 g/mol. The minimum absolute atomic E-state index is 0.00755. The van der Waals surface area contributed by atoms with E-state index in [1.54, 1.807) is 0 Å². The van der Waals surface area contributed by atoms with E-state index in [2.05, 4.69) is 15.3 Å². The van der Waals surface area contributed by atoms with Crippen LogP contribution >= 0.6 is 0 Å². The molecule has 2 aliphatic heterocycles. The van der Waals surface area contributed by atoms with Crippen molar-refractivity contribution in [2.75, 3.05) is 19.6 Å². The van der Waals surface area contributed by atoms with Gasteiger partial charge in [-0.3, -0.25) is 9.59 Å². The number of aryl methyl sites for hydroxylation is 2. The molecule has 2 fully saturated rings. The fraction of sp³-hybridized carbons (Fsp3) is 0.444. The number of benzene rings is 1. The number of nitrogens with zero attached hydrogens (tertiary/aromatic N) is 3. The summed E-state index contributed by atoms with van der Waals surface area (Å²) in [6.45, 7) is 5.87. The Bertz CT molecular complexity index is 863. The summed E-state index contributed by atoms with van der Waals surface area (Å²) in [6, 6.07) is 5.49. The molecule has 2 aromatic rings. The largest absolute Gasteiger partial charge is 0.355 e. The second-order valence-corrected chi connectivity index (χ2v) is 7.03. The van der Waals surface area contributed by atoms with Gasteiger partial charge in [0.15, 0.2) is 0 Å². The van der Waals surface area contributed by atoms with E-state index in [0.717, 1.165) is 28.8 Å². The summed E-state index contributed by atoms with van der Waals surface area (Å²) in [6.07, 6.45) is 1.40. The second-order valence-electron chi connectivity index (χ2n) is 7.03. The summed E-state index contributed by atoms with van der Waals surface area (Å²) in [5, 5.41) is 2.89. The summed E-state index contributed by atoms with van der Waals surface area (Å²) < 4.78 is 0. The first-order valence-electron chi connectivity index (χ1n) is 8.27. The van der Waals surface area contributed by atoms with E-state index in [9.17, 15) is 9.59 Å². The van der Waals surface area contributed by atoms with Crippen LogP contribution in [0.2, 0.25) is 0 Å². The minimum Gasteiger partial charge on any atom is -0.355 e. The fourth-order valence-electron chi connectivity index (χ4n) is 3.70. The van der Waals surface area contributed by atoms with Crippen molar-refractivity contribution in [2.45, 2.75) is 26.7 Å². The van der Waals surface area contributed by atoms with Crippen LogP contribution in [0.25, 0.3) is 11.0 Å². The lowest BCUT2D eigenvalue weighted by atomic mass is 9.86. The van der Waals surface area contributed by atoms with Gasteiger partial charge in [-0.25, -0.2) is 9.97 Å². The highest BCUT2D eigenvalue weighted by Gasteiger charge is 2.45. The van der Waals surface area contributed by atoms with E-state index in [1.807, 2.05) is 36.9 Å². The summed E-state index contributed by atoms with van der Waals surface area (Å²) in [5.41, 5.74) is 3.89. The number of hydrogen-bond donors (Lipinski definition) is 1. The Morgan fingerprint density at radius 3 is 2.67 bits per heavy atom. The molecule has 1 atom stereocenters. The van der Waals surface area contributed by atoms with Crippen LogP contribution in [-0.2, 0) is 4.79 Å². The normalized spacial score (nSPS) is 23.2. The predicted octanol–water partition coefficient (Wildman–Crippen LogP) is 1.60. The molecule has 4 rings (SSSR count). The standard InChI is InChI=1S/C18H20N4O2/c1-11-12(2)21-15-7-13(3-4-14(15)20-11)17(24)22-6-5-18(10-22)8-16(23)19-9-18/h3-4,7H,5-6,8-10H2,1-2H3,(H,19,23). The van der Waals surface area contributed by atoms with E-state index in [0.29, 0.717) is 31.6 Å². The highest BCUT2D eigenvalue weighted by atomic mass is 16.2. The quantitative estimate of drug-likeness (QED) is 0.864. The van der Waals surface area contributed by atoms with E-state index in [4.69, 9.17) is 0 Å². The van der Waals surface area contributed by atoms with Gasteiger partial charge >= 0.3 is 0 Å². The molecule has 2 saturated heterocycles. The van der Waals surface area contributed by atoms with Crippen molar-refractivity contribution in [3.05, 3.63) is 35.2 Å². The van der Waals surface area contributed by atoms with E-state index < -0.39 is 0 Å². The number of amides is 2. The Morgan fingerprint density at radius 1 is 1.21 bits per heavy atom. The molecule has 1 N–H and O–H groups in total. The average Bonchev–Trinajstić information content (AvgIpc) is 3.14. The Labute approximate surface area is 140 Å². The maximum absolute atomic E-state index is 12.8. The van der Waals surface area contributed by atoms with Gasteiger partial charge in [0.25, 0.3) is 5.91 Å². The predicted molar refractivity (Wildman–Crippen MR) is 89.6 cm³/mol. The van der Waals surface area contributed by atoms with Crippen LogP contribution in [0.3, 0.4) is 0 Å². The lowest BCUT2D eigenvalue weighted by Gasteiger charge is -2.22. The summed E-state index contributed by atoms with van der Waals surface area (Å²) >= 11 is 0. The van der Waals surface area contributed by atoms with Gasteiger partial charge < -0.3 is 10.2 Å². The molecule has 1 unspecified atom stereocenters. The van der Waals surface area contributed by atoms with Crippen LogP contribution in [0, 0.1) is 19.3 Å². The topological polar surface area (TPSA) is 75.2 Å². The molecule has 24 heavy (non-hydrogen) atoms. The fourth-order valence-corrected chi connectivity index (χ4v) is 3.70. The van der Waals surface area contributed by atoms with Crippen LogP contribution in [0.15, 0.2) is 18.2 Å². The van der Waals surface area contributed by atoms with Gasteiger partial charge in [0.2, 0.25) is 5.91 Å². The van der Waals surface area contributed by atoms with Crippen molar-refractivity contribution in [3.8, 4) is 0 Å². The van der Waals surface area contributed by atoms with Crippen LogP contribution in [0.4, 0.5) is 0 Å². The molecule has 0 bridgehead atoms. The van der Waals surface area contributed by atoms with Crippen LogP contribution in [0.1, 0.15) is 34.6 Å². The third-order valence-corrected chi connectivity index (χ3v) is 5.24. The zero-order valence-corrected chi connectivity index (χ0v) is 13.9. The monoisotopic (exact) mass is 324 g/mol. The Balaban J connectivity index is 1.60. The van der Waals surface area contributed by atoms with E-state index >= 15 is 0 Å². The SMILES string of the molecule is Cc1nc2ccc(C(=O)N3CCC4(CNC(=O)C4)C3)cc2nc1C. The molecule has 3 heterocycles. The molecule has 2 aliphatic rings. The first-order chi connectivity index (χ1) is 11.5. The van der Waals surface area contributed by atoms with Gasteiger partial charge in [-0.2, -0.15) is 0 Å². The summed E-state index contributed by atoms with van der Waals surface area (Å²) in [7, 11) is 0. The lowest BCUT2D eigenvalue weighted by Crippen LogP contribution is -2.33. The number of carbonyl (C=O) groups is 2. The first-order valence-corrected chi connectivity index (χ1v) is 8.27. The third-order valence-electron chi connectivity index (χ3n) is 5.24. The van der Waals surface area contributed by atoms with Crippen molar-refractivity contribution in [2.24, 2.45) is 5.41 Å². The van der Waals surface area contributed by atoms with Gasteiger partial charge in [0.05, 0.1) is 22.4 Å². The maximum atomic E-state index is 12.8. The van der Waals surface area contributed by atoms with Crippen molar-refractivity contribution in [3.63, 3.8) is 0 Å². The summed E-state index contributed by atoms with van der Waals surface area (Å²) in [4.78, 5) is 35.3. The van der Waals surface area contributed by atoms with Gasteiger partial charge in [-0.1, -0.05) is 0 Å². The third kappa shape index (κ3) is 2.42. The molecular formula is C18H20N4O2. The molecule has 0 saturated carbocycles. The average molecular weight is 324 g/mol. The number of likely N-dealkylation sites (tertiary alicyclic amines) is 1. The van der Waals surface area contributed by atoms with Crippen molar-refractivity contribution in [1.82, 2.24) is 20.2 Å². The van der Waals surface area contributed by atoms with Crippen LogP contribution in [0.5, 0.6) is 0 Å². The minimum atomic E-state index is -0.0723. The number of nitrogens with one attached hydrogen (secondary N) is 1. The van der Waals surface area contributed by atoms with Gasteiger partial charge in [0.1, 0.15) is 0 Å². The van der Waals surface area contributed by atoms with E-state index in [1.165, 1.54) is 0 Å². The number of aromatic nitrogens is 2. The number of hydrogen-bond acceptors (Lipinski definition) is 4. The Morgan fingerprint density at radius 2 is 1.96 bits per heavy atom. The molecule has 1 aromatic heterocycles. The summed E-state index contributed by atoms with van der Waals surface area (Å²) in [5.74, 6) is 0.101. The van der Waals surface area contributed by atoms with Crippen molar-refractivity contribution < 1.29 is 9.59 Å². The molecule has 0 radical (unpaired) electrons. The Hall–Kier alpha value is -2.50. The molecule has 1 spiro atoms. The lowest BCUT2D eigenvalue weighted by molar-refractivity contribution is -0.119. The Kier molecular flexibility index (Phi) is 3.30. The van der Waals surface area contributed by atoms with Gasteiger partial charge in [-0.15, -0.1) is 0 Å². The zero-order chi connectivity index (χ0) is 16.9. The highest BCUT2D eigenvalue weighted by Crippen LogP contribution is 2.37.